The monoisotopic (exact) mass is 450 g/mol. The summed E-state index contributed by atoms with van der Waals surface area (Å²) in [6, 6.07) is 9.88. The van der Waals surface area contributed by atoms with Crippen molar-refractivity contribution in [3.63, 3.8) is 0 Å². The van der Waals surface area contributed by atoms with Crippen LogP contribution in [0.1, 0.15) is 15.9 Å². The number of hydrogen-bond acceptors (Lipinski definition) is 6. The van der Waals surface area contributed by atoms with Gasteiger partial charge in [-0.05, 0) is 29.8 Å². The Bertz CT molecular complexity index is 1290. The quantitative estimate of drug-likeness (QED) is 0.416. The Labute approximate surface area is 188 Å². The highest BCUT2D eigenvalue weighted by Crippen LogP contribution is 2.28. The van der Waals surface area contributed by atoms with Crippen molar-refractivity contribution in [1.82, 2.24) is 25.1 Å². The van der Waals surface area contributed by atoms with Gasteiger partial charge in [0.15, 0.2) is 5.82 Å². The van der Waals surface area contributed by atoms with Crippen LogP contribution < -0.4 is 10.1 Å². The van der Waals surface area contributed by atoms with Crippen LogP contribution in [0.2, 0.25) is 0 Å². The Balaban J connectivity index is 1.38. The normalized spacial score (nSPS) is 14.5. The fourth-order valence-corrected chi connectivity index (χ4v) is 3.89. The topological polar surface area (TPSA) is 108 Å². The van der Waals surface area contributed by atoms with Crippen LogP contribution in [-0.4, -0.2) is 64.4 Å². The first-order chi connectivity index (χ1) is 16.1. The minimum absolute atomic E-state index is 0.147. The van der Waals surface area contributed by atoms with Gasteiger partial charge in [0.1, 0.15) is 17.3 Å². The number of imidazole rings is 1. The molecule has 1 aliphatic heterocycles. The van der Waals surface area contributed by atoms with Crippen LogP contribution in [0, 0.1) is 5.82 Å². The number of anilines is 1. The molecule has 3 N–H and O–H groups in total. The summed E-state index contributed by atoms with van der Waals surface area (Å²) < 4.78 is 24.0. The largest absolute Gasteiger partial charge is 0.496 e. The number of ether oxygens (including phenoxy) is 2. The number of methoxy groups -OCH3 is 1. The maximum Gasteiger partial charge on any atom is 0.259 e. The number of halogens is 1. The van der Waals surface area contributed by atoms with E-state index in [4.69, 9.17) is 9.47 Å². The molecule has 1 saturated heterocycles. The lowest BCUT2D eigenvalue weighted by atomic mass is 10.1. The van der Waals surface area contributed by atoms with Gasteiger partial charge in [0.25, 0.3) is 5.91 Å². The zero-order valence-corrected chi connectivity index (χ0v) is 18.0. The number of rotatable bonds is 6. The number of carbonyl (C=O) groups excluding carboxylic acids is 1. The average molecular weight is 450 g/mol. The minimum atomic E-state index is -0.484. The molecule has 170 valence electrons. The summed E-state index contributed by atoms with van der Waals surface area (Å²) in [5.74, 6) is -0.234. The lowest BCUT2D eigenvalue weighted by Gasteiger charge is -2.26. The first-order valence-electron chi connectivity index (χ1n) is 10.6. The van der Waals surface area contributed by atoms with Crippen molar-refractivity contribution < 1.29 is 18.7 Å². The molecule has 0 saturated carbocycles. The zero-order valence-electron chi connectivity index (χ0n) is 18.0. The third-order valence-corrected chi connectivity index (χ3v) is 5.59. The maximum absolute atomic E-state index is 13.5. The molecule has 10 heteroatoms. The second-order valence-electron chi connectivity index (χ2n) is 7.78. The molecule has 2 aromatic carbocycles. The van der Waals surface area contributed by atoms with Crippen molar-refractivity contribution in [2.24, 2.45) is 0 Å². The van der Waals surface area contributed by atoms with E-state index in [-0.39, 0.29) is 11.3 Å². The number of carbonyl (C=O) groups is 1. The molecule has 0 aliphatic carbocycles. The molecule has 2 aromatic heterocycles. The van der Waals surface area contributed by atoms with Gasteiger partial charge in [-0.3, -0.25) is 14.8 Å². The molecule has 9 nitrogen and oxygen atoms in total. The highest BCUT2D eigenvalue weighted by atomic mass is 19.1. The summed E-state index contributed by atoms with van der Waals surface area (Å²) in [6.07, 6.45) is 1.50. The van der Waals surface area contributed by atoms with Crippen molar-refractivity contribution in [2.75, 3.05) is 38.7 Å². The molecular weight excluding hydrogens is 427 g/mol. The lowest BCUT2D eigenvalue weighted by molar-refractivity contribution is 0.0342. The molecule has 1 aliphatic rings. The molecule has 3 heterocycles. The number of amides is 1. The van der Waals surface area contributed by atoms with Gasteiger partial charge in [-0.15, -0.1) is 0 Å². The molecular formula is C23H23FN6O3. The molecule has 4 aromatic rings. The van der Waals surface area contributed by atoms with Crippen LogP contribution in [0.25, 0.3) is 22.6 Å². The number of aromatic nitrogens is 4. The van der Waals surface area contributed by atoms with E-state index in [1.54, 1.807) is 0 Å². The summed E-state index contributed by atoms with van der Waals surface area (Å²) in [5, 5.41) is 9.74. The van der Waals surface area contributed by atoms with Crippen LogP contribution >= 0.6 is 0 Å². The Morgan fingerprint density at radius 1 is 1.24 bits per heavy atom. The number of fused-ring (bicyclic) bond motifs is 1. The third-order valence-electron chi connectivity index (χ3n) is 5.59. The van der Waals surface area contributed by atoms with Gasteiger partial charge < -0.3 is 19.8 Å². The molecule has 1 fully saturated rings. The molecule has 33 heavy (non-hydrogen) atoms. The van der Waals surface area contributed by atoms with E-state index in [1.807, 2.05) is 6.07 Å². The number of aromatic amines is 2. The second-order valence-corrected chi connectivity index (χ2v) is 7.78. The van der Waals surface area contributed by atoms with Gasteiger partial charge in [0, 0.05) is 25.7 Å². The highest BCUT2D eigenvalue weighted by molar-refractivity contribution is 6.07. The summed E-state index contributed by atoms with van der Waals surface area (Å²) in [5.41, 5.74) is 4.07. The third kappa shape index (κ3) is 4.43. The van der Waals surface area contributed by atoms with E-state index in [1.165, 1.54) is 37.1 Å². The van der Waals surface area contributed by atoms with E-state index < -0.39 is 11.7 Å². The fraction of sp³-hybridized carbons (Fsp3) is 0.261. The van der Waals surface area contributed by atoms with Crippen LogP contribution in [0.5, 0.6) is 5.75 Å². The van der Waals surface area contributed by atoms with E-state index >= 15 is 0 Å². The average Bonchev–Trinajstić information content (AvgIpc) is 3.45. The predicted octanol–water partition coefficient (Wildman–Crippen LogP) is 3.19. The van der Waals surface area contributed by atoms with Crippen molar-refractivity contribution in [3.8, 4) is 17.3 Å². The Kier molecular flexibility index (Phi) is 5.76. The van der Waals surface area contributed by atoms with E-state index in [0.29, 0.717) is 17.2 Å². The van der Waals surface area contributed by atoms with Crippen molar-refractivity contribution in [1.29, 1.82) is 0 Å². The number of benzene rings is 2. The summed E-state index contributed by atoms with van der Waals surface area (Å²) in [4.78, 5) is 23.1. The van der Waals surface area contributed by atoms with Crippen molar-refractivity contribution >= 4 is 22.6 Å². The zero-order chi connectivity index (χ0) is 22.8. The number of nitrogens with zero attached hydrogens (tertiary/aromatic N) is 3. The van der Waals surface area contributed by atoms with Gasteiger partial charge >= 0.3 is 0 Å². The molecule has 0 unspecified atom stereocenters. The number of hydrogen-bond donors (Lipinski definition) is 3. The Morgan fingerprint density at radius 3 is 2.91 bits per heavy atom. The first kappa shape index (κ1) is 21.1. The molecule has 0 radical (unpaired) electrons. The minimum Gasteiger partial charge on any atom is -0.496 e. The molecule has 5 rings (SSSR count). The van der Waals surface area contributed by atoms with E-state index in [9.17, 15) is 9.18 Å². The fourth-order valence-electron chi connectivity index (χ4n) is 3.89. The standard InChI is InChI=1S/C23H23FN6O3/c1-32-20-11-15(24)3-4-16(20)23(31)28-19-12-25-29-21(19)22-26-17-5-2-14(10-18(17)27-22)13-30-6-8-33-9-7-30/h2-5,10-12H,6-9,13H2,1H3,(H,25,29)(H,26,27)(H,28,31). The van der Waals surface area contributed by atoms with Crippen LogP contribution in [0.3, 0.4) is 0 Å². The predicted molar refractivity (Wildman–Crippen MR) is 121 cm³/mol. The number of nitrogens with one attached hydrogen (secondary N) is 3. The summed E-state index contributed by atoms with van der Waals surface area (Å²) in [6.45, 7) is 4.20. The Hall–Kier alpha value is -3.76. The maximum atomic E-state index is 13.5. The molecule has 0 bridgehead atoms. The van der Waals surface area contributed by atoms with Gasteiger partial charge in [-0.1, -0.05) is 6.07 Å². The van der Waals surface area contributed by atoms with Crippen LogP contribution in [-0.2, 0) is 11.3 Å². The molecule has 1 amide bonds. The van der Waals surface area contributed by atoms with Gasteiger partial charge in [0.2, 0.25) is 0 Å². The highest BCUT2D eigenvalue weighted by Gasteiger charge is 2.19. The van der Waals surface area contributed by atoms with E-state index in [0.717, 1.165) is 43.9 Å². The SMILES string of the molecule is COc1cc(F)ccc1C(=O)Nc1cn[nH]c1-c1nc2ccc(CN3CCOCC3)cc2[nH]1. The first-order valence-corrected chi connectivity index (χ1v) is 10.6. The van der Waals surface area contributed by atoms with Crippen molar-refractivity contribution in [2.45, 2.75) is 6.54 Å². The molecule has 0 spiro atoms. The lowest BCUT2D eigenvalue weighted by Crippen LogP contribution is -2.35. The number of H-pyrrole nitrogens is 2. The molecule has 0 atom stereocenters. The van der Waals surface area contributed by atoms with Crippen LogP contribution in [0.15, 0.2) is 42.6 Å². The van der Waals surface area contributed by atoms with Gasteiger partial charge in [-0.25, -0.2) is 9.37 Å². The smallest absolute Gasteiger partial charge is 0.259 e. The Morgan fingerprint density at radius 2 is 2.09 bits per heavy atom. The van der Waals surface area contributed by atoms with Crippen LogP contribution in [0.4, 0.5) is 10.1 Å². The number of morpholine rings is 1. The van der Waals surface area contributed by atoms with Crippen molar-refractivity contribution in [3.05, 3.63) is 59.5 Å². The van der Waals surface area contributed by atoms with E-state index in [2.05, 4.69) is 42.5 Å². The second kappa shape index (κ2) is 9.00. The summed E-state index contributed by atoms with van der Waals surface area (Å²) in [7, 11) is 1.39. The van der Waals surface area contributed by atoms with Gasteiger partial charge in [0.05, 0.1) is 48.8 Å². The van der Waals surface area contributed by atoms with Gasteiger partial charge in [-0.2, -0.15) is 5.10 Å². The summed E-state index contributed by atoms with van der Waals surface area (Å²) >= 11 is 0.